The Kier molecular flexibility index (Phi) is 3.65. The number of aliphatic hydroxyl groups excluding tert-OH is 1. The molecule has 2 atom stereocenters. The van der Waals surface area contributed by atoms with Gasteiger partial charge in [-0.05, 0) is 0 Å². The monoisotopic (exact) mass is 269 g/mol. The molecule has 1 saturated heterocycles. The van der Waals surface area contributed by atoms with E-state index in [2.05, 4.69) is 15.4 Å². The quantitative estimate of drug-likeness (QED) is 0.617. The summed E-state index contributed by atoms with van der Waals surface area (Å²) in [6, 6.07) is -1.54. The molecule has 9 nitrogen and oxygen atoms in total. The molecule has 0 radical (unpaired) electrons. The fourth-order valence-electron chi connectivity index (χ4n) is 1.99. The second-order valence-electron chi connectivity index (χ2n) is 4.39. The lowest BCUT2D eigenvalue weighted by Gasteiger charge is -2.21. The highest BCUT2D eigenvalue weighted by Gasteiger charge is 2.38. The number of carboxylic acid groups (broad SMARTS) is 1. The molecule has 104 valence electrons. The van der Waals surface area contributed by atoms with Gasteiger partial charge in [-0.15, -0.1) is 0 Å². The smallest absolute Gasteiger partial charge is 0.326 e. The molecular weight excluding hydrogens is 254 g/mol. The molecule has 2 rings (SSSR count). The van der Waals surface area contributed by atoms with Crippen molar-refractivity contribution < 1.29 is 19.8 Å². The van der Waals surface area contributed by atoms with Crippen molar-refractivity contribution in [3.8, 4) is 0 Å². The van der Waals surface area contributed by atoms with Crippen LogP contribution in [0.2, 0.25) is 0 Å². The molecule has 1 aromatic heterocycles. The summed E-state index contributed by atoms with van der Waals surface area (Å²) in [7, 11) is 1.70. The van der Waals surface area contributed by atoms with Crippen molar-refractivity contribution in [1.82, 2.24) is 25.0 Å². The largest absolute Gasteiger partial charge is 0.480 e. The third-order valence-electron chi connectivity index (χ3n) is 2.87. The van der Waals surface area contributed by atoms with Crippen LogP contribution in [0.4, 0.5) is 4.79 Å². The van der Waals surface area contributed by atoms with E-state index in [-0.39, 0.29) is 19.5 Å². The zero-order chi connectivity index (χ0) is 14.0. The first-order chi connectivity index (χ1) is 8.97. The second kappa shape index (κ2) is 5.22. The SMILES string of the molecule is Cn1cnc(CNC(=O)N2C[C@H](O)C[C@H]2C(=O)O)n1. The maximum Gasteiger partial charge on any atom is 0.326 e. The van der Waals surface area contributed by atoms with Gasteiger partial charge in [0.25, 0.3) is 0 Å². The Labute approximate surface area is 108 Å². The number of nitrogens with zero attached hydrogens (tertiary/aromatic N) is 4. The minimum absolute atomic E-state index is 0.0123. The van der Waals surface area contributed by atoms with E-state index >= 15 is 0 Å². The van der Waals surface area contributed by atoms with Crippen LogP contribution in [-0.2, 0) is 18.4 Å². The Morgan fingerprint density at radius 3 is 2.89 bits per heavy atom. The molecule has 0 spiro atoms. The van der Waals surface area contributed by atoms with Crippen molar-refractivity contribution in [2.75, 3.05) is 6.54 Å². The van der Waals surface area contributed by atoms with Gasteiger partial charge in [0.05, 0.1) is 12.6 Å². The van der Waals surface area contributed by atoms with Gasteiger partial charge >= 0.3 is 12.0 Å². The van der Waals surface area contributed by atoms with Crippen LogP contribution < -0.4 is 5.32 Å². The number of aliphatic hydroxyl groups is 1. The third kappa shape index (κ3) is 2.99. The Morgan fingerprint density at radius 1 is 1.58 bits per heavy atom. The van der Waals surface area contributed by atoms with Gasteiger partial charge in [-0.25, -0.2) is 14.6 Å². The normalized spacial score (nSPS) is 22.5. The third-order valence-corrected chi connectivity index (χ3v) is 2.87. The van der Waals surface area contributed by atoms with E-state index in [1.807, 2.05) is 0 Å². The summed E-state index contributed by atoms with van der Waals surface area (Å²) in [4.78, 5) is 27.9. The minimum atomic E-state index is -1.12. The highest BCUT2D eigenvalue weighted by atomic mass is 16.4. The van der Waals surface area contributed by atoms with E-state index in [0.29, 0.717) is 5.82 Å². The number of nitrogens with one attached hydrogen (secondary N) is 1. The zero-order valence-electron chi connectivity index (χ0n) is 10.4. The number of aliphatic carboxylic acids is 1. The molecule has 0 unspecified atom stereocenters. The van der Waals surface area contributed by atoms with Crippen LogP contribution in [0.25, 0.3) is 0 Å². The number of hydrogen-bond acceptors (Lipinski definition) is 5. The number of carbonyl (C=O) groups is 2. The summed E-state index contributed by atoms with van der Waals surface area (Å²) in [6.07, 6.45) is 0.742. The van der Waals surface area contributed by atoms with Gasteiger partial charge in [-0.3, -0.25) is 4.68 Å². The first-order valence-corrected chi connectivity index (χ1v) is 5.77. The van der Waals surface area contributed by atoms with Crippen LogP contribution in [0.5, 0.6) is 0 Å². The Balaban J connectivity index is 1.93. The van der Waals surface area contributed by atoms with Crippen LogP contribution in [0.15, 0.2) is 6.33 Å². The average Bonchev–Trinajstić information content (AvgIpc) is 2.92. The summed E-state index contributed by atoms with van der Waals surface area (Å²) in [6.45, 7) is 0.122. The summed E-state index contributed by atoms with van der Waals surface area (Å²) < 4.78 is 1.50. The van der Waals surface area contributed by atoms with Gasteiger partial charge in [-0.1, -0.05) is 0 Å². The predicted octanol–water partition coefficient (Wildman–Crippen LogP) is -1.46. The molecule has 2 amide bonds. The molecule has 19 heavy (non-hydrogen) atoms. The molecular formula is C10H15N5O4. The lowest BCUT2D eigenvalue weighted by atomic mass is 10.2. The van der Waals surface area contributed by atoms with E-state index in [9.17, 15) is 14.7 Å². The van der Waals surface area contributed by atoms with Crippen LogP contribution >= 0.6 is 0 Å². The molecule has 0 bridgehead atoms. The number of amides is 2. The summed E-state index contributed by atoms with van der Waals surface area (Å²) in [5, 5.41) is 24.9. The van der Waals surface area contributed by atoms with Crippen molar-refractivity contribution in [3.63, 3.8) is 0 Å². The molecule has 3 N–H and O–H groups in total. The van der Waals surface area contributed by atoms with Gasteiger partial charge in [0.1, 0.15) is 12.4 Å². The number of rotatable bonds is 3. The van der Waals surface area contributed by atoms with Gasteiger partial charge in [-0.2, -0.15) is 5.10 Å². The van der Waals surface area contributed by atoms with E-state index < -0.39 is 24.1 Å². The first kappa shape index (κ1) is 13.3. The van der Waals surface area contributed by atoms with Gasteiger partial charge in [0, 0.05) is 20.0 Å². The fraction of sp³-hybridized carbons (Fsp3) is 0.600. The fourth-order valence-corrected chi connectivity index (χ4v) is 1.99. The Bertz CT molecular complexity index is 488. The molecule has 1 fully saturated rings. The predicted molar refractivity (Wildman–Crippen MR) is 62.0 cm³/mol. The number of urea groups is 1. The van der Waals surface area contributed by atoms with Gasteiger partial charge < -0.3 is 20.4 Å². The van der Waals surface area contributed by atoms with E-state index in [1.165, 1.54) is 11.0 Å². The van der Waals surface area contributed by atoms with Crippen molar-refractivity contribution in [2.24, 2.45) is 7.05 Å². The van der Waals surface area contributed by atoms with Crippen LogP contribution in [0, 0.1) is 0 Å². The van der Waals surface area contributed by atoms with Crippen molar-refractivity contribution >= 4 is 12.0 Å². The van der Waals surface area contributed by atoms with Crippen LogP contribution in [0.3, 0.4) is 0 Å². The molecule has 1 aromatic rings. The lowest BCUT2D eigenvalue weighted by Crippen LogP contribution is -2.46. The second-order valence-corrected chi connectivity index (χ2v) is 4.39. The minimum Gasteiger partial charge on any atom is -0.480 e. The summed E-state index contributed by atoms with van der Waals surface area (Å²) in [5.41, 5.74) is 0. The molecule has 1 aliphatic heterocycles. The van der Waals surface area contributed by atoms with E-state index in [4.69, 9.17) is 5.11 Å². The summed E-state index contributed by atoms with van der Waals surface area (Å²) in [5.74, 6) is -0.690. The number of aromatic nitrogens is 3. The van der Waals surface area contributed by atoms with Crippen molar-refractivity contribution in [2.45, 2.75) is 25.1 Å². The maximum absolute atomic E-state index is 11.9. The molecule has 1 aliphatic rings. The molecule has 0 aromatic carbocycles. The van der Waals surface area contributed by atoms with Crippen molar-refractivity contribution in [1.29, 1.82) is 0 Å². The zero-order valence-corrected chi connectivity index (χ0v) is 10.4. The van der Waals surface area contributed by atoms with E-state index in [1.54, 1.807) is 7.05 Å². The average molecular weight is 269 g/mol. The maximum atomic E-state index is 11.9. The van der Waals surface area contributed by atoms with Crippen molar-refractivity contribution in [3.05, 3.63) is 12.2 Å². The van der Waals surface area contributed by atoms with E-state index in [0.717, 1.165) is 4.90 Å². The molecule has 0 aliphatic carbocycles. The molecule has 0 saturated carbocycles. The number of carbonyl (C=O) groups excluding carboxylic acids is 1. The lowest BCUT2D eigenvalue weighted by molar-refractivity contribution is -0.141. The Morgan fingerprint density at radius 2 is 2.32 bits per heavy atom. The van der Waals surface area contributed by atoms with Gasteiger partial charge in [0.2, 0.25) is 0 Å². The number of aryl methyl sites for hydroxylation is 1. The number of hydrogen-bond donors (Lipinski definition) is 3. The standard InChI is InChI=1S/C10H15N5O4/c1-14-5-12-8(13-14)3-11-10(19)15-4-6(16)2-7(15)9(17)18/h5-7,16H,2-4H2,1H3,(H,11,19)(H,17,18)/t6-,7+/m1/s1. The summed E-state index contributed by atoms with van der Waals surface area (Å²) >= 11 is 0. The highest BCUT2D eigenvalue weighted by Crippen LogP contribution is 2.18. The number of β-amino-alcohol motifs (C(OH)–C–C–N with tert-alkyl or cyclic N) is 1. The Hall–Kier alpha value is -2.16. The first-order valence-electron chi connectivity index (χ1n) is 5.77. The topological polar surface area (TPSA) is 121 Å². The van der Waals surface area contributed by atoms with Crippen LogP contribution in [0.1, 0.15) is 12.2 Å². The number of likely N-dealkylation sites (tertiary alicyclic amines) is 1. The molecule has 9 heteroatoms. The van der Waals surface area contributed by atoms with Crippen LogP contribution in [-0.4, -0.2) is 60.6 Å². The number of carboxylic acids is 1. The van der Waals surface area contributed by atoms with Gasteiger partial charge in [0.15, 0.2) is 5.82 Å². The molecule has 2 heterocycles. The highest BCUT2D eigenvalue weighted by molar-refractivity contribution is 5.83.